The van der Waals surface area contributed by atoms with Gasteiger partial charge in [0, 0.05) is 5.56 Å². The Bertz CT molecular complexity index is 504. The molecule has 0 amide bonds. The molecule has 2 rings (SSSR count). The molecular formula is C15H16O2. The van der Waals surface area contributed by atoms with Crippen LogP contribution in [0, 0.1) is 0 Å². The molecule has 1 N–H and O–H groups in total. The molecule has 0 atom stereocenters. The van der Waals surface area contributed by atoms with E-state index in [1.54, 1.807) is 6.07 Å². The van der Waals surface area contributed by atoms with Gasteiger partial charge in [-0.25, -0.2) is 0 Å². The van der Waals surface area contributed by atoms with Crippen molar-refractivity contribution < 1.29 is 9.84 Å². The highest BCUT2D eigenvalue weighted by Crippen LogP contribution is 2.30. The average molecular weight is 228 g/mol. The van der Waals surface area contributed by atoms with E-state index in [0.29, 0.717) is 0 Å². The highest BCUT2D eigenvalue weighted by atomic mass is 16.5. The summed E-state index contributed by atoms with van der Waals surface area (Å²) in [7, 11) is 0. The predicted molar refractivity (Wildman–Crippen MR) is 69.3 cm³/mol. The number of hydrogen-bond acceptors (Lipinski definition) is 2. The number of hydrogen-bond donors (Lipinski definition) is 1. The minimum absolute atomic E-state index is 0.148. The van der Waals surface area contributed by atoms with E-state index < -0.39 is 0 Å². The van der Waals surface area contributed by atoms with Gasteiger partial charge in [-0.3, -0.25) is 0 Å². The van der Waals surface area contributed by atoms with Crippen molar-refractivity contribution >= 4 is 0 Å². The van der Waals surface area contributed by atoms with Gasteiger partial charge in [0.2, 0.25) is 0 Å². The summed E-state index contributed by atoms with van der Waals surface area (Å²) in [5.74, 6) is 1.11. The molecule has 2 aromatic carbocycles. The minimum Gasteiger partial charge on any atom is -0.507 e. The second-order valence-corrected chi connectivity index (χ2v) is 4.21. The van der Waals surface area contributed by atoms with Crippen molar-refractivity contribution in [3.63, 3.8) is 0 Å². The van der Waals surface area contributed by atoms with Gasteiger partial charge < -0.3 is 9.84 Å². The van der Waals surface area contributed by atoms with Gasteiger partial charge in [-0.05, 0) is 37.6 Å². The lowest BCUT2D eigenvalue weighted by Gasteiger charge is -2.11. The van der Waals surface area contributed by atoms with Crippen molar-refractivity contribution in [3.8, 4) is 22.6 Å². The summed E-state index contributed by atoms with van der Waals surface area (Å²) in [6, 6.07) is 15.0. The first-order valence-corrected chi connectivity index (χ1v) is 5.72. The molecule has 0 heterocycles. The maximum Gasteiger partial charge on any atom is 0.123 e. The summed E-state index contributed by atoms with van der Waals surface area (Å²) in [4.78, 5) is 0. The van der Waals surface area contributed by atoms with E-state index in [0.717, 1.165) is 16.9 Å². The number of benzene rings is 2. The van der Waals surface area contributed by atoms with Crippen LogP contribution in [-0.4, -0.2) is 11.2 Å². The van der Waals surface area contributed by atoms with E-state index in [4.69, 9.17) is 4.74 Å². The highest BCUT2D eigenvalue weighted by molar-refractivity contribution is 5.70. The first-order valence-electron chi connectivity index (χ1n) is 5.72. The van der Waals surface area contributed by atoms with Gasteiger partial charge in [0.05, 0.1) is 6.10 Å². The van der Waals surface area contributed by atoms with E-state index >= 15 is 0 Å². The van der Waals surface area contributed by atoms with E-state index in [1.807, 2.05) is 56.3 Å². The van der Waals surface area contributed by atoms with Crippen LogP contribution in [0.25, 0.3) is 11.1 Å². The van der Waals surface area contributed by atoms with Gasteiger partial charge >= 0.3 is 0 Å². The molecule has 0 fully saturated rings. The predicted octanol–water partition coefficient (Wildman–Crippen LogP) is 3.85. The molecule has 0 spiro atoms. The molecule has 0 aliphatic rings. The number of para-hydroxylation sites is 1. The van der Waals surface area contributed by atoms with Gasteiger partial charge in [-0.1, -0.05) is 30.3 Å². The monoisotopic (exact) mass is 228 g/mol. The van der Waals surface area contributed by atoms with E-state index in [9.17, 15) is 5.11 Å². The van der Waals surface area contributed by atoms with Gasteiger partial charge in [0.25, 0.3) is 0 Å². The van der Waals surface area contributed by atoms with Crippen molar-refractivity contribution in [2.24, 2.45) is 0 Å². The molecule has 2 aromatic rings. The van der Waals surface area contributed by atoms with Crippen molar-refractivity contribution in [1.29, 1.82) is 0 Å². The first kappa shape index (κ1) is 11.5. The maximum absolute atomic E-state index is 9.80. The van der Waals surface area contributed by atoms with Crippen LogP contribution in [0.3, 0.4) is 0 Å². The third-order valence-electron chi connectivity index (χ3n) is 2.42. The lowest BCUT2D eigenvalue weighted by molar-refractivity contribution is 0.242. The number of aromatic hydroxyl groups is 1. The normalized spacial score (nSPS) is 10.5. The summed E-state index contributed by atoms with van der Waals surface area (Å²) in [6.45, 7) is 3.99. The summed E-state index contributed by atoms with van der Waals surface area (Å²) >= 11 is 0. The van der Waals surface area contributed by atoms with Crippen molar-refractivity contribution in [2.75, 3.05) is 0 Å². The second kappa shape index (κ2) is 4.91. The number of phenolic OH excluding ortho intramolecular Hbond substituents is 1. The van der Waals surface area contributed by atoms with Crippen molar-refractivity contribution in [1.82, 2.24) is 0 Å². The quantitative estimate of drug-likeness (QED) is 0.864. The molecule has 17 heavy (non-hydrogen) atoms. The lowest BCUT2D eigenvalue weighted by Crippen LogP contribution is -2.05. The summed E-state index contributed by atoms with van der Waals surface area (Å²) in [5, 5.41) is 9.80. The Kier molecular flexibility index (Phi) is 3.33. The van der Waals surface area contributed by atoms with Crippen molar-refractivity contribution in [3.05, 3.63) is 48.5 Å². The van der Waals surface area contributed by atoms with Crippen LogP contribution >= 0.6 is 0 Å². The largest absolute Gasteiger partial charge is 0.507 e. The first-order chi connectivity index (χ1) is 8.16. The third kappa shape index (κ3) is 2.78. The molecule has 0 unspecified atom stereocenters. The molecule has 0 aliphatic carbocycles. The Morgan fingerprint density at radius 1 is 1.00 bits per heavy atom. The number of rotatable bonds is 3. The SMILES string of the molecule is CC(C)Oc1cccc(-c2ccccc2O)c1. The van der Waals surface area contributed by atoms with Crippen LogP contribution < -0.4 is 4.74 Å². The topological polar surface area (TPSA) is 29.5 Å². The number of phenols is 1. The molecular weight excluding hydrogens is 212 g/mol. The molecule has 0 aromatic heterocycles. The van der Waals surface area contributed by atoms with Gasteiger partial charge in [-0.15, -0.1) is 0 Å². The van der Waals surface area contributed by atoms with E-state index in [-0.39, 0.29) is 11.9 Å². The van der Waals surface area contributed by atoms with Crippen LogP contribution in [-0.2, 0) is 0 Å². The van der Waals surface area contributed by atoms with Crippen LogP contribution in [0.1, 0.15) is 13.8 Å². The molecule has 0 bridgehead atoms. The second-order valence-electron chi connectivity index (χ2n) is 4.21. The molecule has 2 nitrogen and oxygen atoms in total. The summed E-state index contributed by atoms with van der Waals surface area (Å²) < 4.78 is 5.63. The molecule has 0 aliphatic heterocycles. The Balaban J connectivity index is 2.37. The van der Waals surface area contributed by atoms with Crippen LogP contribution in [0.15, 0.2) is 48.5 Å². The van der Waals surface area contributed by atoms with Gasteiger partial charge in [0.1, 0.15) is 11.5 Å². The van der Waals surface area contributed by atoms with Crippen LogP contribution in [0.5, 0.6) is 11.5 Å². The third-order valence-corrected chi connectivity index (χ3v) is 2.42. The van der Waals surface area contributed by atoms with Crippen LogP contribution in [0.2, 0.25) is 0 Å². The molecule has 0 radical (unpaired) electrons. The fourth-order valence-electron chi connectivity index (χ4n) is 1.73. The summed E-state index contributed by atoms with van der Waals surface area (Å²) in [5.41, 5.74) is 1.78. The highest BCUT2D eigenvalue weighted by Gasteiger charge is 2.05. The average Bonchev–Trinajstić information content (AvgIpc) is 2.29. The molecule has 0 saturated heterocycles. The zero-order valence-electron chi connectivity index (χ0n) is 10.1. The molecule has 2 heteroatoms. The Hall–Kier alpha value is -1.96. The molecule has 0 saturated carbocycles. The standard InChI is InChI=1S/C15H16O2/c1-11(2)17-13-7-5-6-12(10-13)14-8-3-4-9-15(14)16/h3-11,16H,1-2H3. The van der Waals surface area contributed by atoms with Crippen molar-refractivity contribution in [2.45, 2.75) is 20.0 Å². The summed E-state index contributed by atoms with van der Waals surface area (Å²) in [6.07, 6.45) is 0.148. The van der Waals surface area contributed by atoms with E-state index in [1.165, 1.54) is 0 Å². The van der Waals surface area contributed by atoms with E-state index in [2.05, 4.69) is 0 Å². The van der Waals surface area contributed by atoms with Crippen LogP contribution in [0.4, 0.5) is 0 Å². The zero-order chi connectivity index (χ0) is 12.3. The van der Waals surface area contributed by atoms with Gasteiger partial charge in [-0.2, -0.15) is 0 Å². The fourth-order valence-corrected chi connectivity index (χ4v) is 1.73. The Labute approximate surface area is 101 Å². The van der Waals surface area contributed by atoms with Gasteiger partial charge in [0.15, 0.2) is 0 Å². The maximum atomic E-state index is 9.80. The smallest absolute Gasteiger partial charge is 0.123 e. The fraction of sp³-hybridized carbons (Fsp3) is 0.200. The number of ether oxygens (including phenoxy) is 1. The molecule has 88 valence electrons. The Morgan fingerprint density at radius 3 is 2.47 bits per heavy atom. The minimum atomic E-state index is 0.148. The lowest BCUT2D eigenvalue weighted by atomic mass is 10.0. The Morgan fingerprint density at radius 2 is 1.76 bits per heavy atom. The zero-order valence-corrected chi connectivity index (χ0v) is 10.1.